The average Bonchev–Trinajstić information content (AvgIpc) is 3.72. The van der Waals surface area contributed by atoms with Crippen LogP contribution in [0.25, 0.3) is 0 Å². The molecule has 8 fully saturated rings. The number of aliphatic hydroxyl groups is 1. The summed E-state index contributed by atoms with van der Waals surface area (Å²) in [6, 6.07) is 0. The Kier molecular flexibility index (Phi) is 18.8. The molecule has 9 heteroatoms. The summed E-state index contributed by atoms with van der Waals surface area (Å²) < 4.78 is 23.2. The second kappa shape index (κ2) is 22.0. The van der Waals surface area contributed by atoms with Gasteiger partial charge in [0.05, 0.1) is 17.3 Å². The van der Waals surface area contributed by atoms with Crippen molar-refractivity contribution in [3.8, 4) is 0 Å². The summed E-state index contributed by atoms with van der Waals surface area (Å²) in [5.74, 6) is 4.57. The van der Waals surface area contributed by atoms with Crippen LogP contribution < -0.4 is 0 Å². The third-order valence-electron chi connectivity index (χ3n) is 18.5. The molecular weight excluding hydrogens is 807 g/mol. The third kappa shape index (κ3) is 12.8. The van der Waals surface area contributed by atoms with Crippen molar-refractivity contribution < 1.29 is 35.8 Å². The number of fused-ring (bicyclic) bond motifs is 10. The Balaban J connectivity index is 0.000000260. The first-order valence-corrected chi connectivity index (χ1v) is 25.8. The molecule has 0 saturated heterocycles. The van der Waals surface area contributed by atoms with Crippen molar-refractivity contribution in [2.24, 2.45) is 80.8 Å². The molecule has 0 amide bonds. The van der Waals surface area contributed by atoms with Crippen LogP contribution in [0.1, 0.15) is 230 Å². The van der Waals surface area contributed by atoms with Crippen LogP contribution in [0.15, 0.2) is 0 Å². The van der Waals surface area contributed by atoms with E-state index in [-0.39, 0.29) is 82.7 Å². The van der Waals surface area contributed by atoms with Gasteiger partial charge in [0.25, 0.3) is 0 Å². The maximum Gasteiger partial charge on any atom is 0.394 e. The van der Waals surface area contributed by atoms with E-state index >= 15 is 0 Å². The van der Waals surface area contributed by atoms with Gasteiger partial charge in [0.15, 0.2) is 0 Å². The van der Waals surface area contributed by atoms with Gasteiger partial charge in [-0.3, -0.25) is 14.4 Å². The van der Waals surface area contributed by atoms with E-state index in [0.29, 0.717) is 72.1 Å². The summed E-state index contributed by atoms with van der Waals surface area (Å²) in [6.45, 7) is 30.9. The second-order valence-corrected chi connectivity index (χ2v) is 26.0. The molecule has 0 unspecified atom stereocenters. The van der Waals surface area contributed by atoms with Gasteiger partial charge in [0.2, 0.25) is 0 Å². The number of hydrogen-bond acceptors (Lipinski definition) is 7. The van der Waals surface area contributed by atoms with Crippen LogP contribution in [-0.4, -0.2) is 80.8 Å². The van der Waals surface area contributed by atoms with E-state index in [0.717, 1.165) is 77.0 Å². The largest absolute Gasteiger partial charge is 0.506 e. The summed E-state index contributed by atoms with van der Waals surface area (Å²) in [5, 5.41) is 10.2. The predicted molar refractivity (Wildman–Crippen MR) is 265 cm³/mol. The second-order valence-electron chi connectivity index (χ2n) is 25.7. The molecule has 364 valence electrons. The summed E-state index contributed by atoms with van der Waals surface area (Å²) in [5.41, 5.74) is 0.0820. The summed E-state index contributed by atoms with van der Waals surface area (Å²) in [6.07, 6.45) is 17.6. The molecule has 8 saturated carbocycles. The van der Waals surface area contributed by atoms with Crippen LogP contribution in [-0.2, 0) is 27.9 Å². The summed E-state index contributed by atoms with van der Waals surface area (Å²) in [4.78, 5) is 46.6. The van der Waals surface area contributed by atoms with Crippen LogP contribution in [0, 0.1) is 80.8 Å². The van der Waals surface area contributed by atoms with Gasteiger partial charge in [-0.15, -0.1) is 0 Å². The molecule has 0 aliphatic heterocycles. The number of aliphatic hydroxyl groups excluding tert-OH is 1. The predicted octanol–water partition coefficient (Wildman–Crippen LogP) is 12.8. The molecule has 64 heavy (non-hydrogen) atoms. The third-order valence-corrected chi connectivity index (χ3v) is 19.3. The number of hydrogen-bond donors (Lipinski definition) is 1. The molecule has 8 rings (SSSR count). The zero-order chi connectivity index (χ0) is 48.3. The normalized spacial score (nSPS) is 44.9. The molecule has 0 bridgehead atoms. The zero-order valence-electron chi connectivity index (χ0n) is 45.5. The molecular formula is C55H98AlLiO7. The molecule has 0 aromatic rings. The first-order valence-electron chi connectivity index (χ1n) is 26.2. The van der Waals surface area contributed by atoms with Crippen molar-refractivity contribution in [2.75, 3.05) is 0 Å². The Labute approximate surface area is 417 Å². The quantitative estimate of drug-likeness (QED) is 0.171. The first kappa shape index (κ1) is 54.9. The van der Waals surface area contributed by atoms with Gasteiger partial charge in [-0.2, -0.15) is 0 Å². The number of Topliss-reactive ketones (excluding diaryl/α,β-unsaturated/α-hetero) is 3. The number of ketones is 3. The van der Waals surface area contributed by atoms with E-state index in [1.807, 2.05) is 62.3 Å². The molecule has 2 radical (unpaired) electrons. The van der Waals surface area contributed by atoms with Crippen molar-refractivity contribution >= 4 is 52.8 Å². The zero-order valence-corrected chi connectivity index (χ0v) is 44.9. The van der Waals surface area contributed by atoms with Crippen LogP contribution in [0.4, 0.5) is 0 Å². The van der Waals surface area contributed by atoms with Crippen LogP contribution in [0.2, 0.25) is 0 Å². The molecule has 8 aliphatic carbocycles. The van der Waals surface area contributed by atoms with E-state index < -0.39 is 11.8 Å². The van der Waals surface area contributed by atoms with Gasteiger partial charge < -0.3 is 8.90 Å². The van der Waals surface area contributed by atoms with Gasteiger partial charge in [0, 0.05) is 51.9 Å². The Bertz CT molecular complexity index is 1660. The van der Waals surface area contributed by atoms with Crippen molar-refractivity contribution in [2.45, 2.75) is 250 Å². The minimum absolute atomic E-state index is 0. The monoisotopic (exact) mass is 907 g/mol. The van der Waals surface area contributed by atoms with Crippen molar-refractivity contribution in [3.63, 3.8) is 0 Å². The molecule has 7 nitrogen and oxygen atoms in total. The Morgan fingerprint density at radius 1 is 0.594 bits per heavy atom. The summed E-state index contributed by atoms with van der Waals surface area (Å²) in [7, 11) is 0. The molecule has 0 heterocycles. The fourth-order valence-electron chi connectivity index (χ4n) is 15.3. The van der Waals surface area contributed by atoms with E-state index in [2.05, 4.69) is 27.7 Å². The van der Waals surface area contributed by atoms with Crippen LogP contribution in [0.3, 0.4) is 0 Å². The van der Waals surface area contributed by atoms with Gasteiger partial charge >= 0.3 is 16.6 Å². The van der Waals surface area contributed by atoms with E-state index in [4.69, 9.17) is 16.3 Å². The smallest absolute Gasteiger partial charge is 0.394 e. The number of carbonyl (C=O) groups excluding carboxylic acids is 3. The van der Waals surface area contributed by atoms with Gasteiger partial charge in [-0.25, -0.2) is 9.78 Å². The van der Waals surface area contributed by atoms with Crippen molar-refractivity contribution in [3.05, 3.63) is 0 Å². The fourth-order valence-corrected chi connectivity index (χ4v) is 15.3. The fraction of sp³-hybridized carbons (Fsp3) is 0.945. The Morgan fingerprint density at radius 3 is 1.36 bits per heavy atom. The van der Waals surface area contributed by atoms with Crippen molar-refractivity contribution in [1.29, 1.82) is 0 Å². The first-order chi connectivity index (χ1) is 29.2. The molecule has 8 aliphatic rings. The van der Waals surface area contributed by atoms with Gasteiger partial charge in [0.1, 0.15) is 17.3 Å². The average molecular weight is 907 g/mol. The standard InChI is InChI=1S/C21H34O2.C21H32O2.C8H18O2.C4H9O.CH4.Al.Li.H/c2*1-13(22)17-6-7-18-16-5-4-14-12-15(23)8-10-20(14,2)19(16)9-11-21(17,18)3;1-7(2,3)9-10-8(4,5)6;1-4(2,3)5;;;;/h14-19,23H,4-12H2,1-3H3;14,16-19H,4-12H2,1-3H3;1-6H3;1-3H3;1H4;;;/q;;;-1;;+1;;/t14-,15-,16+,17-,18+,19+,20+,21-;14-,16+,17-,18+,19+,20+,21-;;;;;;/m11....../s1/i2*14D;;;;;;. The van der Waals surface area contributed by atoms with Crippen LogP contribution >= 0.6 is 0 Å². The summed E-state index contributed by atoms with van der Waals surface area (Å²) >= 11 is 1.54. The molecule has 0 spiro atoms. The van der Waals surface area contributed by atoms with Gasteiger partial charge in [-0.05, 0) is 248 Å². The maximum absolute atomic E-state index is 12.2. The Morgan fingerprint density at radius 2 is 0.969 bits per heavy atom. The molecule has 15 atom stereocenters. The topological polar surface area (TPSA) is 99.1 Å². The van der Waals surface area contributed by atoms with E-state index in [1.54, 1.807) is 13.8 Å². The maximum atomic E-state index is 12.2. The molecule has 0 aromatic carbocycles. The van der Waals surface area contributed by atoms with Gasteiger partial charge in [-0.1, -0.05) is 35.1 Å². The minimum Gasteiger partial charge on any atom is -0.506 e. The number of rotatable bonds is 3. The number of carbonyl (C=O) groups is 3. The van der Waals surface area contributed by atoms with E-state index in [1.165, 1.54) is 35.9 Å². The van der Waals surface area contributed by atoms with Crippen molar-refractivity contribution in [1.82, 2.24) is 0 Å². The minimum atomic E-state index is -0.532. The molecule has 0 aromatic heterocycles. The van der Waals surface area contributed by atoms with E-state index in [9.17, 15) is 19.5 Å². The Hall–Kier alpha value is -0.0201. The van der Waals surface area contributed by atoms with Crippen LogP contribution in [0.5, 0.6) is 0 Å². The SMILES string of the molecule is C.CC(C)(C)OOC(C)(C)C.CC(C)(C)[O][AlH].[2H][C@]12CC[C@H]3[C@@H]4CC[C@H](C(C)=O)[C@@]4(C)CC[C@@H]3[C@@]1(C)CCC(=O)C2.[2H][C@]12CC[C@H]3[C@@H]4CC[C@H](C(C)=O)[C@@]4(C)CC[C@@H]3[C@@]1(C)CC[C@@H](O)C2.[Li]. The molecule has 1 N–H and O–H groups in total.